The fourth-order valence-electron chi connectivity index (χ4n) is 5.04. The SMILES string of the molecule is CC(c1ccc(Br)cc1)(c1ccc[nH]1)c1ccc[nH]1.CC(c1ccc(Br)cc1)(c1ccc[nH]1)c1ccc[nH]1. The number of aromatic amines is 4. The summed E-state index contributed by atoms with van der Waals surface area (Å²) in [7, 11) is 0. The first-order valence-electron chi connectivity index (χ1n) is 12.5. The maximum Gasteiger partial charge on any atom is 0.0723 e. The minimum absolute atomic E-state index is 0.201. The van der Waals surface area contributed by atoms with E-state index in [4.69, 9.17) is 0 Å². The molecule has 0 radical (unpaired) electrons. The summed E-state index contributed by atoms with van der Waals surface area (Å²) in [5.41, 5.74) is 6.81. The van der Waals surface area contributed by atoms with Gasteiger partial charge < -0.3 is 19.9 Å². The summed E-state index contributed by atoms with van der Waals surface area (Å²) in [6.45, 7) is 4.46. The molecular formula is C32H30Br2N4. The van der Waals surface area contributed by atoms with Crippen LogP contribution >= 0.6 is 31.9 Å². The predicted molar refractivity (Wildman–Crippen MR) is 163 cm³/mol. The van der Waals surface area contributed by atoms with E-state index in [-0.39, 0.29) is 10.8 Å². The summed E-state index contributed by atoms with van der Waals surface area (Å²) < 4.78 is 2.19. The first-order chi connectivity index (χ1) is 18.4. The van der Waals surface area contributed by atoms with Gasteiger partial charge in [-0.2, -0.15) is 0 Å². The second-order valence-electron chi connectivity index (χ2n) is 9.60. The third-order valence-corrected chi connectivity index (χ3v) is 8.45. The van der Waals surface area contributed by atoms with Crippen molar-refractivity contribution in [3.63, 3.8) is 0 Å². The smallest absolute Gasteiger partial charge is 0.0723 e. The van der Waals surface area contributed by atoms with Gasteiger partial charge in [-0.1, -0.05) is 56.1 Å². The van der Waals surface area contributed by atoms with Crippen molar-refractivity contribution in [2.45, 2.75) is 24.7 Å². The molecule has 0 unspecified atom stereocenters. The van der Waals surface area contributed by atoms with Crippen LogP contribution in [-0.4, -0.2) is 19.9 Å². The number of hydrogen-bond donors (Lipinski definition) is 4. The Morgan fingerprint density at radius 3 is 0.895 bits per heavy atom. The van der Waals surface area contributed by atoms with Crippen molar-refractivity contribution < 1.29 is 0 Å². The maximum atomic E-state index is 3.49. The largest absolute Gasteiger partial charge is 0.364 e. The van der Waals surface area contributed by atoms with Gasteiger partial charge in [0.1, 0.15) is 0 Å². The fourth-order valence-corrected chi connectivity index (χ4v) is 5.57. The molecule has 192 valence electrons. The third-order valence-electron chi connectivity index (χ3n) is 7.39. The van der Waals surface area contributed by atoms with Crippen LogP contribution in [0.1, 0.15) is 47.8 Å². The topological polar surface area (TPSA) is 63.2 Å². The number of aromatic nitrogens is 4. The normalized spacial score (nSPS) is 11.7. The van der Waals surface area contributed by atoms with Crippen molar-refractivity contribution in [1.82, 2.24) is 19.9 Å². The molecule has 0 fully saturated rings. The van der Waals surface area contributed by atoms with E-state index in [2.05, 4.69) is 138 Å². The van der Waals surface area contributed by atoms with Gasteiger partial charge >= 0.3 is 0 Å². The number of benzene rings is 2. The maximum absolute atomic E-state index is 3.49. The molecule has 4 heterocycles. The van der Waals surface area contributed by atoms with Gasteiger partial charge in [-0.3, -0.25) is 0 Å². The van der Waals surface area contributed by atoms with Gasteiger partial charge in [-0.05, 0) is 97.8 Å². The average molecular weight is 630 g/mol. The molecule has 0 aliphatic rings. The second kappa shape index (κ2) is 11.1. The van der Waals surface area contributed by atoms with Crippen molar-refractivity contribution in [1.29, 1.82) is 0 Å². The lowest BCUT2D eigenvalue weighted by Crippen LogP contribution is -2.26. The molecule has 4 nitrogen and oxygen atoms in total. The van der Waals surface area contributed by atoms with Gasteiger partial charge in [0.05, 0.1) is 10.8 Å². The van der Waals surface area contributed by atoms with Crippen LogP contribution in [0.4, 0.5) is 0 Å². The molecule has 0 bridgehead atoms. The highest BCUT2D eigenvalue weighted by Crippen LogP contribution is 2.38. The van der Waals surface area contributed by atoms with Gasteiger partial charge in [0.2, 0.25) is 0 Å². The van der Waals surface area contributed by atoms with Crippen molar-refractivity contribution in [2.75, 3.05) is 0 Å². The van der Waals surface area contributed by atoms with E-state index in [0.717, 1.165) is 8.95 Å². The highest BCUT2D eigenvalue weighted by molar-refractivity contribution is 9.10. The average Bonchev–Trinajstić information content (AvgIpc) is 3.76. The van der Waals surface area contributed by atoms with E-state index in [1.807, 2.05) is 49.1 Å². The Bertz CT molecular complexity index is 1320. The zero-order valence-electron chi connectivity index (χ0n) is 21.3. The van der Waals surface area contributed by atoms with Gasteiger partial charge in [0, 0.05) is 56.5 Å². The van der Waals surface area contributed by atoms with Gasteiger partial charge in [0.25, 0.3) is 0 Å². The predicted octanol–water partition coefficient (Wildman–Crippen LogP) is 8.92. The van der Waals surface area contributed by atoms with Crippen molar-refractivity contribution >= 4 is 31.9 Å². The molecule has 0 spiro atoms. The summed E-state index contributed by atoms with van der Waals surface area (Å²) in [4.78, 5) is 13.4. The molecule has 6 rings (SSSR count). The quantitative estimate of drug-likeness (QED) is 0.142. The highest BCUT2D eigenvalue weighted by Gasteiger charge is 2.34. The molecular weight excluding hydrogens is 600 g/mol. The summed E-state index contributed by atoms with van der Waals surface area (Å²) in [6.07, 6.45) is 7.87. The van der Waals surface area contributed by atoms with E-state index in [9.17, 15) is 0 Å². The second-order valence-corrected chi connectivity index (χ2v) is 11.4. The summed E-state index contributed by atoms with van der Waals surface area (Å²) in [5.74, 6) is 0. The van der Waals surface area contributed by atoms with Crippen molar-refractivity contribution in [3.8, 4) is 0 Å². The number of nitrogens with one attached hydrogen (secondary N) is 4. The van der Waals surface area contributed by atoms with Crippen LogP contribution in [0.2, 0.25) is 0 Å². The fraction of sp³-hybridized carbons (Fsp3) is 0.125. The van der Waals surface area contributed by atoms with Gasteiger partial charge in [-0.25, -0.2) is 0 Å². The molecule has 4 N–H and O–H groups in total. The minimum atomic E-state index is -0.201. The molecule has 6 heteroatoms. The van der Waals surface area contributed by atoms with Crippen molar-refractivity contribution in [2.24, 2.45) is 0 Å². The Hall–Kier alpha value is -3.48. The first kappa shape index (κ1) is 26.1. The molecule has 0 atom stereocenters. The Labute approximate surface area is 240 Å². The van der Waals surface area contributed by atoms with Crippen LogP contribution in [0.5, 0.6) is 0 Å². The van der Waals surface area contributed by atoms with E-state index in [1.165, 1.54) is 33.9 Å². The van der Waals surface area contributed by atoms with Crippen LogP contribution in [0.3, 0.4) is 0 Å². The highest BCUT2D eigenvalue weighted by atomic mass is 79.9. The molecule has 0 amide bonds. The molecule has 0 aliphatic heterocycles. The lowest BCUT2D eigenvalue weighted by atomic mass is 9.77. The lowest BCUT2D eigenvalue weighted by Gasteiger charge is -2.29. The van der Waals surface area contributed by atoms with Crippen LogP contribution in [0.15, 0.2) is 131 Å². The summed E-state index contributed by atoms with van der Waals surface area (Å²) in [5, 5.41) is 0. The van der Waals surface area contributed by atoms with Crippen LogP contribution in [-0.2, 0) is 10.8 Å². The summed E-state index contributed by atoms with van der Waals surface area (Å²) in [6, 6.07) is 33.6. The van der Waals surface area contributed by atoms with Gasteiger partial charge in [-0.15, -0.1) is 0 Å². The standard InChI is InChI=1S/2C16H15BrN2/c2*1-16(14-4-2-10-18-14,15-5-3-11-19-15)12-6-8-13(17)9-7-12/h2*2-11,18-19H,1H3. The van der Waals surface area contributed by atoms with E-state index in [0.29, 0.717) is 0 Å². The van der Waals surface area contributed by atoms with Crippen LogP contribution in [0, 0.1) is 0 Å². The monoisotopic (exact) mass is 628 g/mol. The van der Waals surface area contributed by atoms with Crippen LogP contribution in [0.25, 0.3) is 0 Å². The Balaban J connectivity index is 0.000000155. The van der Waals surface area contributed by atoms with E-state index < -0.39 is 0 Å². The molecule has 6 aromatic rings. The zero-order chi connectivity index (χ0) is 26.6. The summed E-state index contributed by atoms with van der Waals surface area (Å²) >= 11 is 6.99. The number of rotatable bonds is 6. The lowest BCUT2D eigenvalue weighted by molar-refractivity contribution is 0.650. The molecule has 0 saturated heterocycles. The minimum Gasteiger partial charge on any atom is -0.364 e. The van der Waals surface area contributed by atoms with Crippen molar-refractivity contribution in [3.05, 3.63) is 165 Å². The van der Waals surface area contributed by atoms with E-state index in [1.54, 1.807) is 0 Å². The molecule has 4 aromatic heterocycles. The number of hydrogen-bond acceptors (Lipinski definition) is 0. The van der Waals surface area contributed by atoms with E-state index >= 15 is 0 Å². The Kier molecular flexibility index (Phi) is 7.63. The third kappa shape index (κ3) is 4.98. The zero-order valence-corrected chi connectivity index (χ0v) is 24.5. The number of H-pyrrole nitrogens is 4. The molecule has 0 saturated carbocycles. The molecule has 2 aromatic carbocycles. The Morgan fingerprint density at radius 1 is 0.421 bits per heavy atom. The van der Waals surface area contributed by atoms with Crippen LogP contribution < -0.4 is 0 Å². The molecule has 0 aliphatic carbocycles. The Morgan fingerprint density at radius 2 is 0.684 bits per heavy atom. The van der Waals surface area contributed by atoms with Gasteiger partial charge in [0.15, 0.2) is 0 Å². The number of halogens is 2. The first-order valence-corrected chi connectivity index (χ1v) is 14.1. The molecule has 38 heavy (non-hydrogen) atoms.